The summed E-state index contributed by atoms with van der Waals surface area (Å²) in [4.78, 5) is 16.9. The fourth-order valence-electron chi connectivity index (χ4n) is 3.30. The van der Waals surface area contributed by atoms with Crippen LogP contribution in [0.3, 0.4) is 0 Å². The average molecular weight is 388 g/mol. The molecule has 3 aliphatic rings. The molecule has 1 unspecified atom stereocenters. The molecule has 0 radical (unpaired) electrons. The van der Waals surface area contributed by atoms with Gasteiger partial charge in [-0.3, -0.25) is 9.89 Å². The number of piperazine rings is 1. The molecule has 0 aromatic heterocycles. The molecule has 5 nitrogen and oxygen atoms in total. The zero-order valence-corrected chi connectivity index (χ0v) is 15.7. The van der Waals surface area contributed by atoms with E-state index in [0.717, 1.165) is 60.1 Å². The van der Waals surface area contributed by atoms with Gasteiger partial charge >= 0.3 is 0 Å². The van der Waals surface area contributed by atoms with E-state index in [0.29, 0.717) is 0 Å². The number of hydrogen-bond acceptors (Lipinski definition) is 5. The highest BCUT2D eigenvalue weighted by atomic mass is 79.9. The van der Waals surface area contributed by atoms with Gasteiger partial charge in [-0.2, -0.15) is 0 Å². The monoisotopic (exact) mass is 387 g/mol. The predicted molar refractivity (Wildman–Crippen MR) is 103 cm³/mol. The first-order valence-corrected chi connectivity index (χ1v) is 9.27. The van der Waals surface area contributed by atoms with Crippen LogP contribution in [-0.4, -0.2) is 60.7 Å². The Balaban J connectivity index is 1.81. The van der Waals surface area contributed by atoms with Crippen molar-refractivity contribution < 1.29 is 0 Å². The maximum Gasteiger partial charge on any atom is 0.176 e. The Labute approximate surface area is 151 Å². The second kappa shape index (κ2) is 6.33. The van der Waals surface area contributed by atoms with Crippen LogP contribution in [0.1, 0.15) is 13.3 Å². The second-order valence-corrected chi connectivity index (χ2v) is 7.57. The molecule has 1 saturated heterocycles. The Kier molecular flexibility index (Phi) is 4.18. The molecule has 0 bridgehead atoms. The molecule has 0 saturated carbocycles. The summed E-state index contributed by atoms with van der Waals surface area (Å²) in [5.74, 6) is 1.99. The fourth-order valence-corrected chi connectivity index (χ4v) is 3.64. The lowest BCUT2D eigenvalue weighted by molar-refractivity contribution is 0.217. The van der Waals surface area contributed by atoms with Gasteiger partial charge in [0.2, 0.25) is 0 Å². The van der Waals surface area contributed by atoms with Gasteiger partial charge < -0.3 is 9.80 Å². The third kappa shape index (κ3) is 2.89. The van der Waals surface area contributed by atoms with Crippen LogP contribution in [0.15, 0.2) is 44.9 Å². The zero-order chi connectivity index (χ0) is 16.7. The summed E-state index contributed by atoms with van der Waals surface area (Å²) in [5, 5.41) is 0. The van der Waals surface area contributed by atoms with Crippen molar-refractivity contribution in [2.24, 2.45) is 9.98 Å². The number of nitrogens with zero attached hydrogens (tertiary/aromatic N) is 5. The van der Waals surface area contributed by atoms with Gasteiger partial charge in [0.1, 0.15) is 0 Å². The first-order chi connectivity index (χ1) is 11.6. The number of hydrogen-bond donors (Lipinski definition) is 0. The molecule has 3 aliphatic heterocycles. The summed E-state index contributed by atoms with van der Waals surface area (Å²) in [7, 11) is 2.17. The van der Waals surface area contributed by atoms with Crippen molar-refractivity contribution in [1.29, 1.82) is 0 Å². The minimum Gasteiger partial charge on any atom is -0.351 e. The summed E-state index contributed by atoms with van der Waals surface area (Å²) < 4.78 is 1.06. The van der Waals surface area contributed by atoms with Crippen LogP contribution in [0.2, 0.25) is 0 Å². The van der Waals surface area contributed by atoms with Crippen molar-refractivity contribution in [3.8, 4) is 0 Å². The summed E-state index contributed by atoms with van der Waals surface area (Å²) >= 11 is 3.58. The van der Waals surface area contributed by atoms with E-state index >= 15 is 0 Å². The van der Waals surface area contributed by atoms with Crippen molar-refractivity contribution in [2.75, 3.05) is 38.1 Å². The van der Waals surface area contributed by atoms with E-state index in [2.05, 4.69) is 75.1 Å². The van der Waals surface area contributed by atoms with Crippen molar-refractivity contribution in [3.63, 3.8) is 0 Å². The topological polar surface area (TPSA) is 34.4 Å². The Morgan fingerprint density at radius 3 is 2.71 bits per heavy atom. The number of halogens is 1. The third-order valence-corrected chi connectivity index (χ3v) is 5.22. The molecule has 6 heteroatoms. The van der Waals surface area contributed by atoms with Crippen LogP contribution in [0.4, 0.5) is 11.4 Å². The van der Waals surface area contributed by atoms with E-state index in [4.69, 9.17) is 9.98 Å². The van der Waals surface area contributed by atoms with Crippen LogP contribution < -0.4 is 4.90 Å². The highest BCUT2D eigenvalue weighted by Crippen LogP contribution is 2.37. The predicted octanol–water partition coefficient (Wildman–Crippen LogP) is 3.25. The van der Waals surface area contributed by atoms with Crippen LogP contribution >= 0.6 is 15.9 Å². The number of benzene rings is 1. The number of fused-ring (bicyclic) bond motifs is 3. The zero-order valence-electron chi connectivity index (χ0n) is 14.1. The van der Waals surface area contributed by atoms with Crippen molar-refractivity contribution >= 4 is 39.0 Å². The first-order valence-electron chi connectivity index (χ1n) is 8.47. The van der Waals surface area contributed by atoms with E-state index in [1.165, 1.54) is 0 Å². The van der Waals surface area contributed by atoms with Gasteiger partial charge in [-0.25, -0.2) is 4.99 Å². The van der Waals surface area contributed by atoms with Gasteiger partial charge in [0.05, 0.1) is 17.4 Å². The molecule has 0 N–H and O–H groups in total. The molecule has 0 amide bonds. The quantitative estimate of drug-likeness (QED) is 0.685. The van der Waals surface area contributed by atoms with E-state index in [-0.39, 0.29) is 6.04 Å². The van der Waals surface area contributed by atoms with Crippen molar-refractivity contribution in [1.82, 2.24) is 9.80 Å². The van der Waals surface area contributed by atoms with Crippen LogP contribution in [0.25, 0.3) is 0 Å². The molecule has 4 rings (SSSR count). The van der Waals surface area contributed by atoms with Gasteiger partial charge in [0.15, 0.2) is 11.7 Å². The SMILES string of the molecule is CC1CC=CN2C(=N1)C(N1CCN(C)CC1)=Nc1ccc(Br)cc12. The Bertz CT molecular complexity index is 731. The van der Waals surface area contributed by atoms with Gasteiger partial charge in [-0.05, 0) is 38.6 Å². The van der Waals surface area contributed by atoms with E-state index in [1.807, 2.05) is 0 Å². The Hall–Kier alpha value is -1.66. The number of anilines is 1. The van der Waals surface area contributed by atoms with Gasteiger partial charge in [-0.15, -0.1) is 0 Å². The van der Waals surface area contributed by atoms with E-state index < -0.39 is 0 Å². The molecule has 0 spiro atoms. The Morgan fingerprint density at radius 1 is 1.12 bits per heavy atom. The number of amidine groups is 2. The van der Waals surface area contributed by atoms with Gasteiger partial charge in [0.25, 0.3) is 0 Å². The third-order valence-electron chi connectivity index (χ3n) is 4.73. The minimum atomic E-state index is 0.271. The van der Waals surface area contributed by atoms with E-state index in [9.17, 15) is 0 Å². The fraction of sp³-hybridized carbons (Fsp3) is 0.444. The van der Waals surface area contributed by atoms with Gasteiger partial charge in [0, 0.05) is 36.9 Å². The molecule has 126 valence electrons. The van der Waals surface area contributed by atoms with Gasteiger partial charge in [-0.1, -0.05) is 22.0 Å². The van der Waals surface area contributed by atoms with Crippen molar-refractivity contribution in [3.05, 3.63) is 34.9 Å². The smallest absolute Gasteiger partial charge is 0.176 e. The molecule has 1 aromatic rings. The minimum absolute atomic E-state index is 0.271. The molecule has 0 aliphatic carbocycles. The summed E-state index contributed by atoms with van der Waals surface area (Å²) in [6.45, 7) is 6.27. The molecule has 3 heterocycles. The van der Waals surface area contributed by atoms with E-state index in [1.54, 1.807) is 0 Å². The molecule has 1 aromatic carbocycles. The Morgan fingerprint density at radius 2 is 1.92 bits per heavy atom. The summed E-state index contributed by atoms with van der Waals surface area (Å²) in [6, 6.07) is 6.52. The molecule has 24 heavy (non-hydrogen) atoms. The van der Waals surface area contributed by atoms with Crippen LogP contribution in [0, 0.1) is 0 Å². The maximum absolute atomic E-state index is 4.99. The first kappa shape index (κ1) is 15.8. The molecular weight excluding hydrogens is 366 g/mol. The molecule has 1 atom stereocenters. The average Bonchev–Trinajstić information content (AvgIpc) is 2.76. The highest BCUT2D eigenvalue weighted by Gasteiger charge is 2.31. The summed E-state index contributed by atoms with van der Waals surface area (Å²) in [5.41, 5.74) is 2.09. The number of aliphatic imine (C=N–C) groups is 2. The largest absolute Gasteiger partial charge is 0.351 e. The number of rotatable bonds is 0. The lowest BCUT2D eigenvalue weighted by Crippen LogP contribution is -2.52. The molecular formula is C18H22BrN5. The van der Waals surface area contributed by atoms with Crippen LogP contribution in [0.5, 0.6) is 0 Å². The lowest BCUT2D eigenvalue weighted by Gasteiger charge is -2.38. The normalized spacial score (nSPS) is 24.0. The van der Waals surface area contributed by atoms with Crippen LogP contribution in [-0.2, 0) is 0 Å². The highest BCUT2D eigenvalue weighted by molar-refractivity contribution is 9.10. The second-order valence-electron chi connectivity index (χ2n) is 6.65. The summed E-state index contributed by atoms with van der Waals surface area (Å²) in [6.07, 6.45) is 5.32. The van der Waals surface area contributed by atoms with Crippen molar-refractivity contribution in [2.45, 2.75) is 19.4 Å². The standard InChI is InChI=1S/C18H22BrN5/c1-13-4-3-7-24-16-12-14(19)5-6-15(16)21-17(18(24)20-13)23-10-8-22(2)9-11-23/h3,5-7,12-13H,4,8-11H2,1-2H3. The number of likely N-dealkylation sites (N-methyl/N-ethyl adjacent to an activating group) is 1. The maximum atomic E-state index is 4.99. The molecule has 1 fully saturated rings. The lowest BCUT2D eigenvalue weighted by atomic mass is 10.2.